The molecule has 5 nitrogen and oxygen atoms in total. The number of halogens is 2. The Labute approximate surface area is 122 Å². The van der Waals surface area contributed by atoms with Crippen LogP contribution in [0, 0.1) is 11.6 Å². The third-order valence-electron chi connectivity index (χ3n) is 3.19. The van der Waals surface area contributed by atoms with Crippen LogP contribution in [0.2, 0.25) is 0 Å². The van der Waals surface area contributed by atoms with Crippen LogP contribution < -0.4 is 4.72 Å². The number of rotatable bonds is 5. The summed E-state index contributed by atoms with van der Waals surface area (Å²) in [5, 5.41) is 0. The topological polar surface area (TPSA) is 58.6 Å². The number of benzene rings is 1. The van der Waals surface area contributed by atoms with Gasteiger partial charge in [0.2, 0.25) is 10.0 Å². The Balaban J connectivity index is 2.00. The second kappa shape index (κ2) is 6.78. The lowest BCUT2D eigenvalue weighted by Gasteiger charge is -2.29. The Morgan fingerprint density at radius 3 is 2.57 bits per heavy atom. The third kappa shape index (κ3) is 4.44. The van der Waals surface area contributed by atoms with E-state index in [0.717, 1.165) is 25.2 Å². The molecule has 2 rings (SSSR count). The molecule has 1 aromatic rings. The maximum Gasteiger partial charge on any atom is 0.240 e. The predicted octanol–water partition coefficient (Wildman–Crippen LogP) is 0.964. The number of hydrogen-bond donors (Lipinski definition) is 1. The van der Waals surface area contributed by atoms with Crippen molar-refractivity contribution in [3.63, 3.8) is 0 Å². The quantitative estimate of drug-likeness (QED) is 0.878. The molecule has 0 saturated carbocycles. The van der Waals surface area contributed by atoms with E-state index in [2.05, 4.69) is 9.62 Å². The first-order chi connectivity index (χ1) is 9.88. The van der Waals surface area contributed by atoms with E-state index in [1.54, 1.807) is 6.92 Å². The van der Waals surface area contributed by atoms with E-state index >= 15 is 0 Å². The molecule has 1 saturated heterocycles. The second-order valence-corrected chi connectivity index (χ2v) is 6.73. The standard InChI is InChI=1S/C13H18F2N2O3S/c1-10(9-17-4-6-20-7-5-17)16-21(18,19)11-2-3-12(14)13(15)8-11/h2-3,8,10,16H,4-7,9H2,1H3. The molecule has 0 spiro atoms. The maximum absolute atomic E-state index is 13.1. The molecule has 0 aromatic heterocycles. The largest absolute Gasteiger partial charge is 0.379 e. The van der Waals surface area contributed by atoms with Crippen LogP contribution in [0.15, 0.2) is 23.1 Å². The van der Waals surface area contributed by atoms with Gasteiger partial charge in [-0.15, -0.1) is 0 Å². The van der Waals surface area contributed by atoms with Crippen LogP contribution in [0.3, 0.4) is 0 Å². The Morgan fingerprint density at radius 1 is 1.29 bits per heavy atom. The van der Waals surface area contributed by atoms with Crippen molar-refractivity contribution in [1.29, 1.82) is 0 Å². The van der Waals surface area contributed by atoms with Gasteiger partial charge < -0.3 is 4.74 Å². The van der Waals surface area contributed by atoms with E-state index in [1.807, 2.05) is 0 Å². The van der Waals surface area contributed by atoms with E-state index in [4.69, 9.17) is 4.74 Å². The van der Waals surface area contributed by atoms with Gasteiger partial charge in [0.1, 0.15) is 0 Å². The average molecular weight is 320 g/mol. The van der Waals surface area contributed by atoms with Crippen LogP contribution in [0.1, 0.15) is 6.92 Å². The molecule has 1 aliphatic rings. The summed E-state index contributed by atoms with van der Waals surface area (Å²) in [6.45, 7) is 5.01. The Hall–Kier alpha value is -1.09. The molecule has 118 valence electrons. The number of hydrogen-bond acceptors (Lipinski definition) is 4. The Bertz CT molecular complexity index is 589. The molecular weight excluding hydrogens is 302 g/mol. The average Bonchev–Trinajstić information content (AvgIpc) is 2.42. The number of morpholine rings is 1. The van der Waals surface area contributed by atoms with E-state index in [0.29, 0.717) is 25.8 Å². The van der Waals surface area contributed by atoms with Crippen LogP contribution in [0.4, 0.5) is 8.78 Å². The smallest absolute Gasteiger partial charge is 0.240 e. The summed E-state index contributed by atoms with van der Waals surface area (Å²) in [5.41, 5.74) is 0. The number of nitrogens with zero attached hydrogens (tertiary/aromatic N) is 1. The third-order valence-corrected chi connectivity index (χ3v) is 4.78. The highest BCUT2D eigenvalue weighted by atomic mass is 32.2. The fourth-order valence-corrected chi connectivity index (χ4v) is 3.43. The highest BCUT2D eigenvalue weighted by molar-refractivity contribution is 7.89. The second-order valence-electron chi connectivity index (χ2n) is 5.01. The van der Waals surface area contributed by atoms with Crippen molar-refractivity contribution >= 4 is 10.0 Å². The number of nitrogens with one attached hydrogen (secondary N) is 1. The summed E-state index contributed by atoms with van der Waals surface area (Å²) in [5.74, 6) is -2.26. The summed E-state index contributed by atoms with van der Waals surface area (Å²) >= 11 is 0. The summed E-state index contributed by atoms with van der Waals surface area (Å²) in [7, 11) is -3.86. The molecule has 1 unspecified atom stereocenters. The fourth-order valence-electron chi connectivity index (χ4n) is 2.19. The van der Waals surface area contributed by atoms with Gasteiger partial charge in [-0.05, 0) is 25.1 Å². The van der Waals surface area contributed by atoms with Crippen molar-refractivity contribution in [1.82, 2.24) is 9.62 Å². The highest BCUT2D eigenvalue weighted by Crippen LogP contribution is 2.14. The predicted molar refractivity (Wildman–Crippen MR) is 73.4 cm³/mol. The Morgan fingerprint density at radius 2 is 1.95 bits per heavy atom. The minimum Gasteiger partial charge on any atom is -0.379 e. The molecule has 0 aliphatic carbocycles. The molecule has 0 bridgehead atoms. The molecule has 0 radical (unpaired) electrons. The zero-order chi connectivity index (χ0) is 15.5. The van der Waals surface area contributed by atoms with Gasteiger partial charge in [-0.25, -0.2) is 21.9 Å². The van der Waals surface area contributed by atoms with Gasteiger partial charge in [0.05, 0.1) is 18.1 Å². The van der Waals surface area contributed by atoms with Gasteiger partial charge in [0, 0.05) is 25.7 Å². The van der Waals surface area contributed by atoms with Gasteiger partial charge in [0.15, 0.2) is 11.6 Å². The van der Waals surface area contributed by atoms with Gasteiger partial charge in [-0.2, -0.15) is 0 Å². The molecule has 1 aliphatic heterocycles. The molecule has 1 atom stereocenters. The van der Waals surface area contributed by atoms with Crippen LogP contribution in [0.25, 0.3) is 0 Å². The first kappa shape index (κ1) is 16.3. The zero-order valence-corrected chi connectivity index (χ0v) is 12.5. The number of sulfonamides is 1. The summed E-state index contributed by atoms with van der Waals surface area (Å²) < 4.78 is 57.9. The molecule has 1 N–H and O–H groups in total. The van der Waals surface area contributed by atoms with E-state index in [-0.39, 0.29) is 10.9 Å². The maximum atomic E-state index is 13.1. The van der Waals surface area contributed by atoms with E-state index < -0.39 is 21.7 Å². The van der Waals surface area contributed by atoms with Crippen molar-refractivity contribution in [3.05, 3.63) is 29.8 Å². The molecule has 1 heterocycles. The minimum atomic E-state index is -3.86. The number of ether oxygens (including phenoxy) is 1. The van der Waals surface area contributed by atoms with E-state index in [1.165, 1.54) is 0 Å². The molecular formula is C13H18F2N2O3S. The van der Waals surface area contributed by atoms with Gasteiger partial charge >= 0.3 is 0 Å². The van der Waals surface area contributed by atoms with Crippen LogP contribution in [0.5, 0.6) is 0 Å². The van der Waals surface area contributed by atoms with Crippen molar-refractivity contribution in [3.8, 4) is 0 Å². The molecule has 1 fully saturated rings. The molecule has 0 amide bonds. The van der Waals surface area contributed by atoms with Gasteiger partial charge in [-0.1, -0.05) is 0 Å². The van der Waals surface area contributed by atoms with Crippen LogP contribution in [-0.4, -0.2) is 52.2 Å². The lowest BCUT2D eigenvalue weighted by atomic mass is 10.3. The van der Waals surface area contributed by atoms with Crippen molar-refractivity contribution < 1.29 is 21.9 Å². The summed E-state index contributed by atoms with van der Waals surface area (Å²) in [4.78, 5) is 1.80. The van der Waals surface area contributed by atoms with Gasteiger partial charge in [-0.3, -0.25) is 4.90 Å². The first-order valence-corrected chi connectivity index (χ1v) is 8.14. The van der Waals surface area contributed by atoms with Crippen molar-refractivity contribution in [2.75, 3.05) is 32.8 Å². The summed E-state index contributed by atoms with van der Waals surface area (Å²) in [6, 6.07) is 2.18. The fraction of sp³-hybridized carbons (Fsp3) is 0.538. The first-order valence-electron chi connectivity index (χ1n) is 6.66. The SMILES string of the molecule is CC(CN1CCOCC1)NS(=O)(=O)c1ccc(F)c(F)c1. The highest BCUT2D eigenvalue weighted by Gasteiger charge is 2.21. The summed E-state index contributed by atoms with van der Waals surface area (Å²) in [6.07, 6.45) is 0. The van der Waals surface area contributed by atoms with E-state index in [9.17, 15) is 17.2 Å². The van der Waals surface area contributed by atoms with Crippen molar-refractivity contribution in [2.45, 2.75) is 17.9 Å². The normalized spacial score (nSPS) is 18.6. The van der Waals surface area contributed by atoms with Gasteiger partial charge in [0.25, 0.3) is 0 Å². The monoisotopic (exact) mass is 320 g/mol. The molecule has 21 heavy (non-hydrogen) atoms. The molecule has 8 heteroatoms. The zero-order valence-electron chi connectivity index (χ0n) is 11.7. The lowest BCUT2D eigenvalue weighted by Crippen LogP contribution is -2.45. The Kier molecular flexibility index (Phi) is 5.26. The molecule has 1 aromatic carbocycles. The van der Waals surface area contributed by atoms with Crippen LogP contribution >= 0.6 is 0 Å². The lowest BCUT2D eigenvalue weighted by molar-refractivity contribution is 0.0354. The van der Waals surface area contributed by atoms with Crippen LogP contribution in [-0.2, 0) is 14.8 Å². The minimum absolute atomic E-state index is 0.282. The van der Waals surface area contributed by atoms with Crippen molar-refractivity contribution in [2.24, 2.45) is 0 Å².